The maximum atomic E-state index is 5.41. The molecule has 1 aliphatic rings. The molecule has 60 valence electrons. The summed E-state index contributed by atoms with van der Waals surface area (Å²) in [5.74, 6) is 5.41. The molecule has 0 bridgehead atoms. The average molecular weight is 160 g/mol. The minimum Gasteiger partial charge on any atom is -0.271 e. The number of hydrogen-bond acceptors (Lipinski definition) is 3. The highest BCUT2D eigenvalue weighted by atomic mass is 32.2. The summed E-state index contributed by atoms with van der Waals surface area (Å²) in [6.07, 6.45) is 7.47. The molecule has 1 rings (SSSR count). The Labute approximate surface area is 66.9 Å². The quantitative estimate of drug-likeness (QED) is 0.469. The fraction of sp³-hybridized carbons (Fsp3) is 1.00. The van der Waals surface area contributed by atoms with Gasteiger partial charge in [0.1, 0.15) is 0 Å². The molecule has 2 nitrogen and oxygen atoms in total. The van der Waals surface area contributed by atoms with Gasteiger partial charge in [0, 0.05) is 11.3 Å². The zero-order chi connectivity index (χ0) is 7.40. The number of thioether (sulfide) groups is 1. The van der Waals surface area contributed by atoms with Crippen LogP contribution in [0.15, 0.2) is 0 Å². The molecule has 0 aromatic heterocycles. The summed E-state index contributed by atoms with van der Waals surface area (Å²) < 4.78 is 0. The fourth-order valence-electron chi connectivity index (χ4n) is 1.57. The van der Waals surface area contributed by atoms with Gasteiger partial charge in [-0.05, 0) is 19.1 Å². The number of rotatable bonds is 2. The third-order valence-corrected chi connectivity index (χ3v) is 3.39. The smallest absolute Gasteiger partial charge is 0.0329 e. The van der Waals surface area contributed by atoms with E-state index in [0.29, 0.717) is 6.04 Å². The maximum Gasteiger partial charge on any atom is 0.0329 e. The minimum atomic E-state index is 0.559. The Hall–Kier alpha value is 0.270. The highest BCUT2D eigenvalue weighted by molar-refractivity contribution is 7.99. The van der Waals surface area contributed by atoms with Gasteiger partial charge in [-0.3, -0.25) is 11.3 Å². The van der Waals surface area contributed by atoms with E-state index in [0.717, 1.165) is 5.25 Å². The second-order valence-electron chi connectivity index (χ2n) is 2.83. The Kier molecular flexibility index (Phi) is 3.52. The summed E-state index contributed by atoms with van der Waals surface area (Å²) in [5.41, 5.74) is 2.88. The predicted octanol–water partition coefficient (Wildman–Crippen LogP) is 1.12. The molecular formula is C7H16N2S. The van der Waals surface area contributed by atoms with Crippen molar-refractivity contribution in [1.29, 1.82) is 0 Å². The van der Waals surface area contributed by atoms with Gasteiger partial charge in [-0.15, -0.1) is 0 Å². The Morgan fingerprint density at radius 3 is 2.60 bits per heavy atom. The van der Waals surface area contributed by atoms with Gasteiger partial charge in [-0.1, -0.05) is 12.8 Å². The molecule has 0 heterocycles. The van der Waals surface area contributed by atoms with E-state index < -0.39 is 0 Å². The van der Waals surface area contributed by atoms with Crippen molar-refractivity contribution in [3.05, 3.63) is 0 Å². The molecule has 10 heavy (non-hydrogen) atoms. The summed E-state index contributed by atoms with van der Waals surface area (Å²) in [6, 6.07) is 0.559. The Morgan fingerprint density at radius 1 is 1.40 bits per heavy atom. The molecule has 2 unspecified atom stereocenters. The van der Waals surface area contributed by atoms with Crippen LogP contribution in [-0.4, -0.2) is 17.5 Å². The Morgan fingerprint density at radius 2 is 2.10 bits per heavy atom. The van der Waals surface area contributed by atoms with E-state index in [2.05, 4.69) is 11.7 Å². The van der Waals surface area contributed by atoms with Gasteiger partial charge < -0.3 is 0 Å². The molecule has 3 N–H and O–H groups in total. The van der Waals surface area contributed by atoms with Crippen molar-refractivity contribution >= 4 is 11.8 Å². The van der Waals surface area contributed by atoms with Crippen LogP contribution in [0.1, 0.15) is 25.7 Å². The predicted molar refractivity (Wildman–Crippen MR) is 46.9 cm³/mol. The largest absolute Gasteiger partial charge is 0.271 e. The first-order valence-electron chi connectivity index (χ1n) is 3.87. The monoisotopic (exact) mass is 160 g/mol. The lowest BCUT2D eigenvalue weighted by molar-refractivity contribution is 0.390. The normalized spacial score (nSPS) is 34.2. The maximum absolute atomic E-state index is 5.41. The summed E-state index contributed by atoms with van der Waals surface area (Å²) in [6.45, 7) is 0. The van der Waals surface area contributed by atoms with Gasteiger partial charge in [0.05, 0.1) is 0 Å². The number of nitrogens with two attached hydrogens (primary N) is 1. The lowest BCUT2D eigenvalue weighted by Crippen LogP contribution is -2.44. The van der Waals surface area contributed by atoms with Crippen LogP contribution in [-0.2, 0) is 0 Å². The molecule has 0 amide bonds. The van der Waals surface area contributed by atoms with Crippen LogP contribution < -0.4 is 11.3 Å². The van der Waals surface area contributed by atoms with Crippen LogP contribution in [0, 0.1) is 0 Å². The van der Waals surface area contributed by atoms with E-state index in [4.69, 9.17) is 5.84 Å². The topological polar surface area (TPSA) is 38.0 Å². The van der Waals surface area contributed by atoms with Gasteiger partial charge in [-0.2, -0.15) is 11.8 Å². The van der Waals surface area contributed by atoms with E-state index in [9.17, 15) is 0 Å². The second kappa shape index (κ2) is 4.21. The van der Waals surface area contributed by atoms with Crippen LogP contribution >= 0.6 is 11.8 Å². The van der Waals surface area contributed by atoms with E-state index in [1.807, 2.05) is 11.8 Å². The minimum absolute atomic E-state index is 0.559. The zero-order valence-electron chi connectivity index (χ0n) is 6.47. The zero-order valence-corrected chi connectivity index (χ0v) is 7.29. The van der Waals surface area contributed by atoms with Crippen LogP contribution in [0.3, 0.4) is 0 Å². The molecular weight excluding hydrogens is 144 g/mol. The van der Waals surface area contributed by atoms with E-state index in [-0.39, 0.29) is 0 Å². The van der Waals surface area contributed by atoms with Crippen LogP contribution in [0.25, 0.3) is 0 Å². The highest BCUT2D eigenvalue weighted by Crippen LogP contribution is 2.26. The molecule has 0 radical (unpaired) electrons. The molecule has 1 aliphatic carbocycles. The standard InChI is InChI=1S/C7H16N2S/c1-10-7-5-3-2-4-6(7)9-8/h6-7,9H,2-5,8H2,1H3. The van der Waals surface area contributed by atoms with Crippen molar-refractivity contribution in [3.8, 4) is 0 Å². The van der Waals surface area contributed by atoms with Gasteiger partial charge in [-0.25, -0.2) is 0 Å². The van der Waals surface area contributed by atoms with Crippen LogP contribution in [0.2, 0.25) is 0 Å². The molecule has 1 saturated carbocycles. The lowest BCUT2D eigenvalue weighted by Gasteiger charge is -2.29. The first-order valence-corrected chi connectivity index (χ1v) is 5.16. The third-order valence-electron chi connectivity index (χ3n) is 2.22. The van der Waals surface area contributed by atoms with Crippen LogP contribution in [0.5, 0.6) is 0 Å². The lowest BCUT2D eigenvalue weighted by atomic mass is 9.95. The molecule has 0 aliphatic heterocycles. The van der Waals surface area contributed by atoms with Crippen molar-refractivity contribution in [1.82, 2.24) is 5.43 Å². The molecule has 0 spiro atoms. The van der Waals surface area contributed by atoms with Crippen molar-refractivity contribution in [2.24, 2.45) is 5.84 Å². The summed E-state index contributed by atoms with van der Waals surface area (Å²) in [7, 11) is 0. The second-order valence-corrected chi connectivity index (χ2v) is 3.91. The van der Waals surface area contributed by atoms with Crippen molar-refractivity contribution < 1.29 is 0 Å². The number of nitrogens with one attached hydrogen (secondary N) is 1. The summed E-state index contributed by atoms with van der Waals surface area (Å²) in [4.78, 5) is 0. The average Bonchev–Trinajstić information content (AvgIpc) is 2.04. The molecule has 3 heteroatoms. The van der Waals surface area contributed by atoms with Crippen molar-refractivity contribution in [2.75, 3.05) is 6.26 Å². The number of hydrazine groups is 1. The number of hydrogen-bond donors (Lipinski definition) is 2. The van der Waals surface area contributed by atoms with E-state index in [1.54, 1.807) is 0 Å². The van der Waals surface area contributed by atoms with Gasteiger partial charge in [0.15, 0.2) is 0 Å². The molecule has 2 atom stereocenters. The van der Waals surface area contributed by atoms with Gasteiger partial charge in [0.25, 0.3) is 0 Å². The van der Waals surface area contributed by atoms with Crippen molar-refractivity contribution in [2.45, 2.75) is 37.0 Å². The highest BCUT2D eigenvalue weighted by Gasteiger charge is 2.22. The third kappa shape index (κ3) is 1.87. The molecule has 0 aromatic carbocycles. The van der Waals surface area contributed by atoms with Crippen LogP contribution in [0.4, 0.5) is 0 Å². The Balaban J connectivity index is 2.34. The molecule has 0 aromatic rings. The van der Waals surface area contributed by atoms with E-state index in [1.165, 1.54) is 25.7 Å². The van der Waals surface area contributed by atoms with Gasteiger partial charge in [0.2, 0.25) is 0 Å². The van der Waals surface area contributed by atoms with Gasteiger partial charge >= 0.3 is 0 Å². The Bertz CT molecular complexity index is 85.6. The summed E-state index contributed by atoms with van der Waals surface area (Å²) >= 11 is 1.94. The van der Waals surface area contributed by atoms with E-state index >= 15 is 0 Å². The van der Waals surface area contributed by atoms with Crippen molar-refractivity contribution in [3.63, 3.8) is 0 Å². The summed E-state index contributed by atoms with van der Waals surface area (Å²) in [5, 5.41) is 0.749. The molecule has 1 fully saturated rings. The fourth-order valence-corrected chi connectivity index (χ4v) is 2.52. The SMILES string of the molecule is CSC1CCCCC1NN. The molecule has 0 saturated heterocycles. The first kappa shape index (κ1) is 8.37. The first-order chi connectivity index (χ1) is 4.88.